The van der Waals surface area contributed by atoms with E-state index in [0.717, 1.165) is 11.9 Å². The molecule has 1 aliphatic rings. The molecule has 142 valence electrons. The van der Waals surface area contributed by atoms with E-state index < -0.39 is 15.9 Å². The Labute approximate surface area is 151 Å². The average molecular weight is 383 g/mol. The van der Waals surface area contributed by atoms with Crippen LogP contribution in [0.25, 0.3) is 0 Å². The molecule has 0 aliphatic carbocycles. The van der Waals surface area contributed by atoms with Crippen LogP contribution < -0.4 is 4.74 Å². The van der Waals surface area contributed by atoms with Crippen molar-refractivity contribution in [3.05, 3.63) is 47.0 Å². The highest BCUT2D eigenvalue weighted by atomic mass is 32.2. The summed E-state index contributed by atoms with van der Waals surface area (Å²) >= 11 is 0. The van der Waals surface area contributed by atoms with Gasteiger partial charge in [-0.2, -0.15) is 5.10 Å². The molecule has 1 N–H and O–H groups in total. The zero-order chi connectivity index (χ0) is 18.9. The summed E-state index contributed by atoms with van der Waals surface area (Å²) < 4.78 is 43.9. The van der Waals surface area contributed by atoms with Crippen LogP contribution >= 0.6 is 0 Å². The van der Waals surface area contributed by atoms with Crippen LogP contribution in [0, 0.1) is 5.82 Å². The summed E-state index contributed by atoms with van der Waals surface area (Å²) in [5.74, 6) is -0.166. The molecule has 0 bridgehead atoms. The van der Waals surface area contributed by atoms with Crippen LogP contribution in [-0.2, 0) is 29.5 Å². The van der Waals surface area contributed by atoms with Crippen molar-refractivity contribution in [2.75, 3.05) is 25.7 Å². The van der Waals surface area contributed by atoms with Crippen molar-refractivity contribution in [3.8, 4) is 5.75 Å². The van der Waals surface area contributed by atoms with Gasteiger partial charge in [0.2, 0.25) is 0 Å². The Balaban J connectivity index is 1.74. The van der Waals surface area contributed by atoms with Crippen molar-refractivity contribution < 1.29 is 22.7 Å². The fourth-order valence-electron chi connectivity index (χ4n) is 3.12. The molecular formula is C17H22FN3O4S. The van der Waals surface area contributed by atoms with Gasteiger partial charge >= 0.3 is 0 Å². The summed E-state index contributed by atoms with van der Waals surface area (Å²) in [6.45, 7) is 2.16. The van der Waals surface area contributed by atoms with E-state index in [2.05, 4.69) is 10.00 Å². The number of aliphatic hydroxyl groups is 1. The van der Waals surface area contributed by atoms with E-state index in [1.807, 2.05) is 0 Å². The summed E-state index contributed by atoms with van der Waals surface area (Å²) in [5, 5.41) is 14.4. The number of ether oxygens (including phenoxy) is 1. The monoisotopic (exact) mass is 383 g/mol. The van der Waals surface area contributed by atoms with Crippen LogP contribution in [0.4, 0.5) is 4.39 Å². The van der Waals surface area contributed by atoms with E-state index >= 15 is 0 Å². The summed E-state index contributed by atoms with van der Waals surface area (Å²) in [5.41, 5.74) is 1.70. The van der Waals surface area contributed by atoms with Crippen LogP contribution in [0.2, 0.25) is 0 Å². The van der Waals surface area contributed by atoms with E-state index in [1.165, 1.54) is 13.2 Å². The predicted molar refractivity (Wildman–Crippen MR) is 94.0 cm³/mol. The van der Waals surface area contributed by atoms with Crippen LogP contribution in [0.1, 0.15) is 23.1 Å². The van der Waals surface area contributed by atoms with Gasteiger partial charge in [-0.1, -0.05) is 6.07 Å². The highest BCUT2D eigenvalue weighted by Crippen LogP contribution is 2.25. The van der Waals surface area contributed by atoms with Gasteiger partial charge in [0.1, 0.15) is 27.5 Å². The largest absolute Gasteiger partial charge is 0.496 e. The number of benzene rings is 1. The molecule has 9 heteroatoms. The van der Waals surface area contributed by atoms with E-state index in [4.69, 9.17) is 4.74 Å². The second-order valence-electron chi connectivity index (χ2n) is 6.52. The zero-order valence-electron chi connectivity index (χ0n) is 14.7. The molecule has 0 saturated carbocycles. The Morgan fingerprint density at radius 2 is 2.15 bits per heavy atom. The molecule has 0 saturated heterocycles. The van der Waals surface area contributed by atoms with Gasteiger partial charge in [-0.3, -0.25) is 9.58 Å². The number of methoxy groups -OCH3 is 1. The first-order valence-corrected chi connectivity index (χ1v) is 10.3. The molecule has 7 nitrogen and oxygen atoms in total. The number of hydrogen-bond acceptors (Lipinski definition) is 6. The number of fused-ring (bicyclic) bond motifs is 1. The molecule has 1 aromatic carbocycles. The second-order valence-corrected chi connectivity index (χ2v) is 8.71. The molecular weight excluding hydrogens is 361 g/mol. The number of sulfone groups is 1. The number of aliphatic hydroxyl groups excluding tert-OH is 1. The number of rotatable bonds is 6. The third-order valence-electron chi connectivity index (χ3n) is 4.38. The fraction of sp³-hybridized carbons (Fsp3) is 0.471. The van der Waals surface area contributed by atoms with Crippen LogP contribution in [0.15, 0.2) is 24.3 Å². The van der Waals surface area contributed by atoms with Gasteiger partial charge in [0.05, 0.1) is 30.8 Å². The predicted octanol–water partition coefficient (Wildman–Crippen LogP) is 1.12. The van der Waals surface area contributed by atoms with E-state index in [-0.39, 0.29) is 11.6 Å². The Bertz CT molecular complexity index is 897. The van der Waals surface area contributed by atoms with Gasteiger partial charge < -0.3 is 9.84 Å². The Kier molecular flexibility index (Phi) is 5.31. The molecule has 0 radical (unpaired) electrons. The number of halogens is 1. The Morgan fingerprint density at radius 1 is 1.38 bits per heavy atom. The lowest BCUT2D eigenvalue weighted by molar-refractivity contribution is 0.190. The van der Waals surface area contributed by atoms with Crippen molar-refractivity contribution in [3.63, 3.8) is 0 Å². The molecule has 1 aliphatic heterocycles. The molecule has 1 atom stereocenters. The molecule has 1 aromatic heterocycles. The SMILES string of the molecule is COc1cccc(F)c1CN1CCn2nc([C@H](O)CS(C)(=O)=O)cc2C1. The quantitative estimate of drug-likeness (QED) is 0.805. The van der Waals surface area contributed by atoms with Crippen molar-refractivity contribution >= 4 is 9.84 Å². The van der Waals surface area contributed by atoms with E-state index in [0.29, 0.717) is 43.2 Å². The van der Waals surface area contributed by atoms with Gasteiger partial charge in [0.25, 0.3) is 0 Å². The smallest absolute Gasteiger partial charge is 0.150 e. The van der Waals surface area contributed by atoms with Gasteiger partial charge in [0, 0.05) is 31.5 Å². The summed E-state index contributed by atoms with van der Waals surface area (Å²) in [7, 11) is -1.79. The maximum atomic E-state index is 14.1. The zero-order valence-corrected chi connectivity index (χ0v) is 15.5. The Morgan fingerprint density at radius 3 is 2.85 bits per heavy atom. The lowest BCUT2D eigenvalue weighted by Gasteiger charge is -2.28. The first kappa shape index (κ1) is 18.8. The summed E-state index contributed by atoms with van der Waals surface area (Å²) in [6, 6.07) is 6.46. The van der Waals surface area contributed by atoms with Crippen molar-refractivity contribution in [1.29, 1.82) is 0 Å². The minimum atomic E-state index is -3.30. The number of aromatic nitrogens is 2. The van der Waals surface area contributed by atoms with E-state index in [9.17, 15) is 17.9 Å². The second kappa shape index (κ2) is 7.34. The maximum Gasteiger partial charge on any atom is 0.150 e. The highest BCUT2D eigenvalue weighted by Gasteiger charge is 2.24. The summed E-state index contributed by atoms with van der Waals surface area (Å²) in [4.78, 5) is 2.06. The minimum Gasteiger partial charge on any atom is -0.496 e. The van der Waals surface area contributed by atoms with Crippen LogP contribution in [0.5, 0.6) is 5.75 Å². The van der Waals surface area contributed by atoms with Gasteiger partial charge in [-0.05, 0) is 18.2 Å². The van der Waals surface area contributed by atoms with Crippen molar-refractivity contribution in [1.82, 2.24) is 14.7 Å². The normalized spacial score (nSPS) is 16.3. The maximum absolute atomic E-state index is 14.1. The first-order chi connectivity index (χ1) is 12.3. The lowest BCUT2D eigenvalue weighted by atomic mass is 10.1. The third-order valence-corrected chi connectivity index (χ3v) is 5.30. The molecule has 2 aromatic rings. The summed E-state index contributed by atoms with van der Waals surface area (Å²) in [6.07, 6.45) is -0.0707. The van der Waals surface area contributed by atoms with Gasteiger partial charge in [-0.15, -0.1) is 0 Å². The standard InChI is InChI=1S/C17H22FN3O4S/c1-25-17-5-3-4-14(18)13(17)10-20-6-7-21-12(9-20)8-15(19-21)16(22)11-26(2,23)24/h3-5,8,16,22H,6-7,9-11H2,1-2H3/t16-/m1/s1. The molecule has 0 fully saturated rings. The molecule has 0 amide bonds. The number of hydrogen-bond donors (Lipinski definition) is 1. The van der Waals surface area contributed by atoms with Gasteiger partial charge in [0.15, 0.2) is 0 Å². The molecule has 0 unspecified atom stereocenters. The van der Waals surface area contributed by atoms with Crippen LogP contribution in [0.3, 0.4) is 0 Å². The van der Waals surface area contributed by atoms with Gasteiger partial charge in [-0.25, -0.2) is 12.8 Å². The lowest BCUT2D eigenvalue weighted by Crippen LogP contribution is -2.33. The van der Waals surface area contributed by atoms with Crippen LogP contribution in [-0.4, -0.2) is 53.9 Å². The third kappa shape index (κ3) is 4.22. The minimum absolute atomic E-state index is 0.312. The molecule has 26 heavy (non-hydrogen) atoms. The molecule has 2 heterocycles. The molecule has 3 rings (SSSR count). The average Bonchev–Trinajstić information content (AvgIpc) is 2.98. The van der Waals surface area contributed by atoms with Crippen molar-refractivity contribution in [2.24, 2.45) is 0 Å². The topological polar surface area (TPSA) is 84.7 Å². The fourth-order valence-corrected chi connectivity index (χ4v) is 3.86. The Hall–Kier alpha value is -1.97. The van der Waals surface area contributed by atoms with E-state index in [1.54, 1.807) is 22.9 Å². The first-order valence-electron chi connectivity index (χ1n) is 8.23. The number of nitrogens with zero attached hydrogens (tertiary/aromatic N) is 3. The molecule has 0 spiro atoms. The highest BCUT2D eigenvalue weighted by molar-refractivity contribution is 7.90. The van der Waals surface area contributed by atoms with Crippen molar-refractivity contribution in [2.45, 2.75) is 25.7 Å².